The Morgan fingerprint density at radius 3 is 2.39 bits per heavy atom. The van der Waals surface area contributed by atoms with E-state index in [1.54, 1.807) is 13.8 Å². The molecule has 2 unspecified atom stereocenters. The van der Waals surface area contributed by atoms with Crippen molar-refractivity contribution in [2.75, 3.05) is 0 Å². The molecule has 2 atom stereocenters. The lowest BCUT2D eigenvalue weighted by molar-refractivity contribution is -0.142. The van der Waals surface area contributed by atoms with Crippen molar-refractivity contribution in [2.45, 2.75) is 51.2 Å². The van der Waals surface area contributed by atoms with E-state index >= 15 is 0 Å². The Balaban J connectivity index is 2.99. The second-order valence-electron chi connectivity index (χ2n) is 5.27. The van der Waals surface area contributed by atoms with Gasteiger partial charge in [-0.25, -0.2) is 4.79 Å². The number of carbonyl (C=O) groups excluding carboxylic acids is 1. The summed E-state index contributed by atoms with van der Waals surface area (Å²) in [4.78, 5) is 23.4. The third-order valence-corrected chi connectivity index (χ3v) is 3.53. The molecule has 23 heavy (non-hydrogen) atoms. The average Bonchev–Trinajstić information content (AvgIpc) is 2.47. The Hall–Kier alpha value is -2.05. The van der Waals surface area contributed by atoms with Crippen LogP contribution in [0.3, 0.4) is 0 Å². The predicted octanol–water partition coefficient (Wildman–Crippen LogP) is 3.57. The lowest BCUT2D eigenvalue weighted by atomic mass is 9.93. The largest absolute Gasteiger partial charge is 0.480 e. The number of hydrogen-bond donors (Lipinski definition) is 2. The van der Waals surface area contributed by atoms with E-state index in [1.165, 1.54) is 12.1 Å². The van der Waals surface area contributed by atoms with Crippen LogP contribution in [0, 0.1) is 0 Å². The number of carbonyl (C=O) groups is 2. The maximum atomic E-state index is 12.8. The molecule has 0 aliphatic carbocycles. The van der Waals surface area contributed by atoms with Gasteiger partial charge >= 0.3 is 12.1 Å². The van der Waals surface area contributed by atoms with E-state index in [0.29, 0.717) is 6.42 Å². The molecule has 1 aromatic carbocycles. The highest BCUT2D eigenvalue weighted by molar-refractivity contribution is 5.88. The molecule has 0 saturated heterocycles. The van der Waals surface area contributed by atoms with Crippen molar-refractivity contribution < 1.29 is 27.9 Å². The molecule has 0 saturated carbocycles. The van der Waals surface area contributed by atoms with E-state index in [9.17, 15) is 22.8 Å². The molecule has 4 nitrogen and oxygen atoms in total. The minimum atomic E-state index is -4.49. The number of aliphatic carboxylic acids is 1. The summed E-state index contributed by atoms with van der Waals surface area (Å²) in [7, 11) is 0. The second kappa shape index (κ2) is 7.99. The Bertz CT molecular complexity index is 558. The van der Waals surface area contributed by atoms with E-state index in [2.05, 4.69) is 5.32 Å². The number of hydrogen-bond acceptors (Lipinski definition) is 2. The summed E-state index contributed by atoms with van der Waals surface area (Å²) in [5.41, 5.74) is -0.606. The van der Waals surface area contributed by atoms with Crippen LogP contribution in [-0.2, 0) is 15.8 Å². The normalized spacial score (nSPS) is 14.1. The highest BCUT2D eigenvalue weighted by Crippen LogP contribution is 2.31. The van der Waals surface area contributed by atoms with Gasteiger partial charge in [0.15, 0.2) is 0 Å². The van der Waals surface area contributed by atoms with Crippen LogP contribution in [-0.4, -0.2) is 23.0 Å². The summed E-state index contributed by atoms with van der Waals surface area (Å²) < 4.78 is 38.3. The zero-order chi connectivity index (χ0) is 17.6. The fraction of sp³-hybridized carbons (Fsp3) is 0.500. The summed E-state index contributed by atoms with van der Waals surface area (Å²) >= 11 is 0. The van der Waals surface area contributed by atoms with Crippen molar-refractivity contribution in [2.24, 2.45) is 0 Å². The molecule has 0 bridgehead atoms. The van der Waals surface area contributed by atoms with Gasteiger partial charge in [-0.15, -0.1) is 0 Å². The first-order valence-electron chi connectivity index (χ1n) is 7.41. The van der Waals surface area contributed by atoms with Crippen molar-refractivity contribution in [1.29, 1.82) is 0 Å². The smallest absolute Gasteiger partial charge is 0.416 e. The third kappa shape index (κ3) is 5.26. The second-order valence-corrected chi connectivity index (χ2v) is 5.27. The zero-order valence-corrected chi connectivity index (χ0v) is 13.0. The zero-order valence-electron chi connectivity index (χ0n) is 13.0. The van der Waals surface area contributed by atoms with Crippen LogP contribution >= 0.6 is 0 Å². The van der Waals surface area contributed by atoms with Crippen molar-refractivity contribution in [3.05, 3.63) is 35.4 Å². The van der Waals surface area contributed by atoms with Gasteiger partial charge in [0.2, 0.25) is 5.91 Å². The topological polar surface area (TPSA) is 66.4 Å². The van der Waals surface area contributed by atoms with Crippen LogP contribution in [0.4, 0.5) is 13.2 Å². The maximum Gasteiger partial charge on any atom is 0.416 e. The van der Waals surface area contributed by atoms with Crippen molar-refractivity contribution >= 4 is 11.9 Å². The highest BCUT2D eigenvalue weighted by atomic mass is 19.4. The highest BCUT2D eigenvalue weighted by Gasteiger charge is 2.32. The van der Waals surface area contributed by atoms with Crippen LogP contribution in [0.2, 0.25) is 0 Å². The lowest BCUT2D eigenvalue weighted by Crippen LogP contribution is -2.42. The number of alkyl halides is 3. The SMILES string of the molecule is CCCC(NC(=O)C(CC)c1cccc(C(F)(F)F)c1)C(=O)O. The Morgan fingerprint density at radius 1 is 1.26 bits per heavy atom. The molecule has 0 fully saturated rings. The molecule has 128 valence electrons. The molecule has 1 rings (SSSR count). The first-order valence-corrected chi connectivity index (χ1v) is 7.41. The van der Waals surface area contributed by atoms with Gasteiger partial charge < -0.3 is 10.4 Å². The first kappa shape index (κ1) is 19.0. The van der Waals surface area contributed by atoms with Crippen LogP contribution in [0.25, 0.3) is 0 Å². The minimum absolute atomic E-state index is 0.223. The van der Waals surface area contributed by atoms with E-state index in [-0.39, 0.29) is 18.4 Å². The summed E-state index contributed by atoms with van der Waals surface area (Å²) in [5, 5.41) is 11.5. The van der Waals surface area contributed by atoms with E-state index in [0.717, 1.165) is 12.1 Å². The number of carboxylic acid groups (broad SMARTS) is 1. The van der Waals surface area contributed by atoms with Gasteiger partial charge in [-0.2, -0.15) is 13.2 Å². The van der Waals surface area contributed by atoms with Crippen LogP contribution in [0.15, 0.2) is 24.3 Å². The molecule has 2 N–H and O–H groups in total. The van der Waals surface area contributed by atoms with Crippen molar-refractivity contribution in [3.8, 4) is 0 Å². The quantitative estimate of drug-likeness (QED) is 0.803. The van der Waals surface area contributed by atoms with Crippen LogP contribution in [0.5, 0.6) is 0 Å². The van der Waals surface area contributed by atoms with E-state index < -0.39 is 35.6 Å². The monoisotopic (exact) mass is 331 g/mol. The molecule has 1 amide bonds. The van der Waals surface area contributed by atoms with Crippen LogP contribution < -0.4 is 5.32 Å². The molecule has 0 radical (unpaired) electrons. The first-order chi connectivity index (χ1) is 10.7. The number of amides is 1. The van der Waals surface area contributed by atoms with Gasteiger partial charge in [0, 0.05) is 0 Å². The Kier molecular flexibility index (Phi) is 6.60. The summed E-state index contributed by atoms with van der Waals surface area (Å²) in [6, 6.07) is 3.52. The number of carboxylic acids is 1. The molecule has 0 aliphatic rings. The van der Waals surface area contributed by atoms with Crippen LogP contribution in [0.1, 0.15) is 50.2 Å². The molecule has 7 heteroatoms. The molecular formula is C16H20F3NO3. The molecule has 0 heterocycles. The van der Waals surface area contributed by atoms with Crippen molar-refractivity contribution in [1.82, 2.24) is 5.32 Å². The molecular weight excluding hydrogens is 311 g/mol. The number of halogens is 3. The van der Waals surface area contributed by atoms with Gasteiger partial charge in [-0.05, 0) is 24.5 Å². The van der Waals surface area contributed by atoms with Gasteiger partial charge in [0.25, 0.3) is 0 Å². The standard InChI is InChI=1S/C16H20F3NO3/c1-3-6-13(15(22)23)20-14(21)12(4-2)10-7-5-8-11(9-10)16(17,18)19/h5,7-9,12-13H,3-4,6H2,1-2H3,(H,20,21)(H,22,23). The number of benzene rings is 1. The van der Waals surface area contributed by atoms with Gasteiger partial charge in [-0.1, -0.05) is 38.5 Å². The summed E-state index contributed by atoms with van der Waals surface area (Å²) in [6.07, 6.45) is -3.39. The average molecular weight is 331 g/mol. The Labute approximate surface area is 132 Å². The lowest BCUT2D eigenvalue weighted by Gasteiger charge is -2.20. The summed E-state index contributed by atoms with van der Waals surface area (Å²) in [5.74, 6) is -2.55. The molecule has 1 aromatic rings. The number of nitrogens with one attached hydrogen (secondary N) is 1. The van der Waals surface area contributed by atoms with Gasteiger partial charge in [0.1, 0.15) is 6.04 Å². The summed E-state index contributed by atoms with van der Waals surface area (Å²) in [6.45, 7) is 3.45. The minimum Gasteiger partial charge on any atom is -0.480 e. The molecule has 0 aliphatic heterocycles. The fourth-order valence-corrected chi connectivity index (χ4v) is 2.32. The fourth-order valence-electron chi connectivity index (χ4n) is 2.32. The predicted molar refractivity (Wildman–Crippen MR) is 79.0 cm³/mol. The van der Waals surface area contributed by atoms with E-state index in [4.69, 9.17) is 5.11 Å². The van der Waals surface area contributed by atoms with Gasteiger partial charge in [0.05, 0.1) is 11.5 Å². The van der Waals surface area contributed by atoms with Gasteiger partial charge in [-0.3, -0.25) is 4.79 Å². The molecule has 0 spiro atoms. The number of rotatable bonds is 7. The maximum absolute atomic E-state index is 12.8. The third-order valence-electron chi connectivity index (χ3n) is 3.53. The molecule has 0 aromatic heterocycles. The Morgan fingerprint density at radius 2 is 1.91 bits per heavy atom. The van der Waals surface area contributed by atoms with E-state index in [1.807, 2.05) is 0 Å². The van der Waals surface area contributed by atoms with Crippen molar-refractivity contribution in [3.63, 3.8) is 0 Å².